The summed E-state index contributed by atoms with van der Waals surface area (Å²) in [7, 11) is 0. The van der Waals surface area contributed by atoms with Gasteiger partial charge in [0.25, 0.3) is 5.91 Å². The second kappa shape index (κ2) is 7.16. The predicted octanol–water partition coefficient (Wildman–Crippen LogP) is 2.26. The molecule has 2 N–H and O–H groups in total. The number of hydrogen-bond donors (Lipinski definition) is 2. The smallest absolute Gasteiger partial charge is 0.262 e. The number of nitrogens with one attached hydrogen (secondary N) is 2. The Hall–Kier alpha value is -3.06. The number of aromatic nitrogens is 2. The molecule has 0 atom stereocenters. The number of hydrogen-bond acceptors (Lipinski definition) is 5. The first-order chi connectivity index (χ1) is 13.7. The molecule has 0 spiro atoms. The number of fused-ring (bicyclic) bond motifs is 2. The van der Waals surface area contributed by atoms with Gasteiger partial charge in [-0.3, -0.25) is 9.69 Å². The number of nitrogens with zero attached hydrogens (tertiary/aromatic N) is 3. The number of rotatable bonds is 4. The summed E-state index contributed by atoms with van der Waals surface area (Å²) in [6.07, 6.45) is 0.952. The summed E-state index contributed by atoms with van der Waals surface area (Å²) in [5.41, 5.74) is 4.10. The number of anilines is 2. The van der Waals surface area contributed by atoms with Gasteiger partial charge in [-0.2, -0.15) is 0 Å². The molecule has 0 aliphatic carbocycles. The number of piperazine rings is 1. The average molecular weight is 377 g/mol. The highest BCUT2D eigenvalue weighted by molar-refractivity contribution is 5.95. The minimum atomic E-state index is -0.0913. The van der Waals surface area contributed by atoms with E-state index in [0.29, 0.717) is 0 Å². The Bertz CT molecular complexity index is 974. The van der Waals surface area contributed by atoms with E-state index in [9.17, 15) is 4.79 Å². The summed E-state index contributed by atoms with van der Waals surface area (Å²) in [6.45, 7) is 5.06. The van der Waals surface area contributed by atoms with Crippen LogP contribution in [0.25, 0.3) is 11.0 Å². The number of benzene rings is 2. The van der Waals surface area contributed by atoms with Crippen molar-refractivity contribution in [2.24, 2.45) is 0 Å². The molecule has 2 aliphatic heterocycles. The van der Waals surface area contributed by atoms with Crippen LogP contribution < -0.4 is 15.0 Å². The second-order valence-electron chi connectivity index (χ2n) is 7.32. The van der Waals surface area contributed by atoms with Crippen LogP contribution in [0, 0.1) is 0 Å². The van der Waals surface area contributed by atoms with Crippen LogP contribution in [0.2, 0.25) is 0 Å². The van der Waals surface area contributed by atoms with Gasteiger partial charge >= 0.3 is 0 Å². The Kier molecular flexibility index (Phi) is 4.37. The Labute approximate surface area is 163 Å². The number of H-pyrrole nitrogens is 1. The zero-order chi connectivity index (χ0) is 18.9. The summed E-state index contributed by atoms with van der Waals surface area (Å²) < 4.78 is 5.42. The van der Waals surface area contributed by atoms with E-state index in [1.165, 1.54) is 5.56 Å². The van der Waals surface area contributed by atoms with Crippen LogP contribution in [-0.2, 0) is 11.2 Å². The van der Waals surface area contributed by atoms with Gasteiger partial charge in [-0.25, -0.2) is 4.98 Å². The van der Waals surface area contributed by atoms with Crippen LogP contribution in [0.1, 0.15) is 5.56 Å². The van der Waals surface area contributed by atoms with E-state index in [2.05, 4.69) is 32.2 Å². The van der Waals surface area contributed by atoms with Crippen molar-refractivity contribution in [3.8, 4) is 5.75 Å². The predicted molar refractivity (Wildman–Crippen MR) is 109 cm³/mol. The first-order valence-electron chi connectivity index (χ1n) is 9.72. The molecule has 1 aromatic heterocycles. The third-order valence-corrected chi connectivity index (χ3v) is 5.44. The minimum absolute atomic E-state index is 0.0913. The van der Waals surface area contributed by atoms with Crippen molar-refractivity contribution in [2.45, 2.75) is 6.42 Å². The lowest BCUT2D eigenvalue weighted by atomic mass is 10.1. The van der Waals surface area contributed by atoms with Crippen LogP contribution in [0.4, 0.5) is 11.6 Å². The number of carbonyl (C=O) groups excluding carboxylic acids is 1. The average Bonchev–Trinajstić information content (AvgIpc) is 3.16. The first kappa shape index (κ1) is 17.1. The number of carbonyl (C=O) groups is 1. The molecule has 1 amide bonds. The maximum absolute atomic E-state index is 11.5. The van der Waals surface area contributed by atoms with Gasteiger partial charge in [0.1, 0.15) is 5.75 Å². The molecule has 1 saturated heterocycles. The standard InChI is InChI=1S/C21H23N5O2/c27-20-14-28-19-6-5-15(13-18(19)22-20)7-8-25-9-11-26(12-10-25)21-23-16-3-1-2-4-17(16)24-21/h1-6,13H,7-12,14H2,(H,22,27)(H,23,24). The lowest BCUT2D eigenvalue weighted by Crippen LogP contribution is -2.47. The molecule has 0 saturated carbocycles. The molecule has 28 heavy (non-hydrogen) atoms. The highest BCUT2D eigenvalue weighted by Crippen LogP contribution is 2.28. The Morgan fingerprint density at radius 3 is 2.79 bits per heavy atom. The van der Waals surface area contributed by atoms with Gasteiger partial charge in [0.15, 0.2) is 6.61 Å². The van der Waals surface area contributed by atoms with Gasteiger partial charge in [0, 0.05) is 32.7 Å². The molecule has 3 heterocycles. The van der Waals surface area contributed by atoms with E-state index < -0.39 is 0 Å². The first-order valence-corrected chi connectivity index (χ1v) is 9.72. The maximum atomic E-state index is 11.5. The van der Waals surface area contributed by atoms with Crippen molar-refractivity contribution >= 4 is 28.6 Å². The molecule has 0 radical (unpaired) electrons. The SMILES string of the molecule is O=C1COc2ccc(CCN3CCN(c4nc5ccccc5[nH]4)CC3)cc2N1. The molecule has 7 nitrogen and oxygen atoms in total. The van der Waals surface area contributed by atoms with Gasteiger partial charge in [-0.05, 0) is 36.2 Å². The third-order valence-electron chi connectivity index (χ3n) is 5.44. The van der Waals surface area contributed by atoms with Crippen molar-refractivity contribution < 1.29 is 9.53 Å². The van der Waals surface area contributed by atoms with Gasteiger partial charge < -0.3 is 19.9 Å². The molecule has 144 valence electrons. The molecule has 2 aliphatic rings. The molecule has 7 heteroatoms. The van der Waals surface area contributed by atoms with Crippen LogP contribution in [0.15, 0.2) is 42.5 Å². The van der Waals surface area contributed by atoms with Crippen LogP contribution in [0.3, 0.4) is 0 Å². The molecular weight excluding hydrogens is 354 g/mol. The Morgan fingerprint density at radius 2 is 1.93 bits per heavy atom. The number of para-hydroxylation sites is 2. The van der Waals surface area contributed by atoms with E-state index in [1.54, 1.807) is 0 Å². The highest BCUT2D eigenvalue weighted by Gasteiger charge is 2.20. The fraction of sp³-hybridized carbons (Fsp3) is 0.333. The normalized spacial score (nSPS) is 17.3. The summed E-state index contributed by atoms with van der Waals surface area (Å²) in [4.78, 5) is 24.4. The summed E-state index contributed by atoms with van der Waals surface area (Å²) >= 11 is 0. The molecule has 0 unspecified atom stereocenters. The van der Waals surface area contributed by atoms with Crippen molar-refractivity contribution in [3.63, 3.8) is 0 Å². The molecular formula is C21H23N5O2. The topological polar surface area (TPSA) is 73.5 Å². The molecule has 2 aromatic carbocycles. The van der Waals surface area contributed by atoms with Crippen molar-refractivity contribution in [1.82, 2.24) is 14.9 Å². The highest BCUT2D eigenvalue weighted by atomic mass is 16.5. The number of amides is 1. The third kappa shape index (κ3) is 3.41. The fourth-order valence-electron chi connectivity index (χ4n) is 3.85. The van der Waals surface area contributed by atoms with Gasteiger partial charge in [-0.15, -0.1) is 0 Å². The van der Waals surface area contributed by atoms with E-state index in [0.717, 1.165) is 67.6 Å². The number of aromatic amines is 1. The quantitative estimate of drug-likeness (QED) is 0.730. The van der Waals surface area contributed by atoms with E-state index >= 15 is 0 Å². The van der Waals surface area contributed by atoms with E-state index in [4.69, 9.17) is 9.72 Å². The summed E-state index contributed by atoms with van der Waals surface area (Å²) in [5.74, 6) is 1.63. The lowest BCUT2D eigenvalue weighted by Gasteiger charge is -2.34. The van der Waals surface area contributed by atoms with Crippen molar-refractivity contribution in [2.75, 3.05) is 49.5 Å². The van der Waals surface area contributed by atoms with E-state index in [1.807, 2.05) is 30.3 Å². The Morgan fingerprint density at radius 1 is 1.07 bits per heavy atom. The van der Waals surface area contributed by atoms with Gasteiger partial charge in [-0.1, -0.05) is 18.2 Å². The number of ether oxygens (including phenoxy) is 1. The molecule has 5 rings (SSSR count). The maximum Gasteiger partial charge on any atom is 0.262 e. The molecule has 3 aromatic rings. The van der Waals surface area contributed by atoms with Crippen LogP contribution in [0.5, 0.6) is 5.75 Å². The largest absolute Gasteiger partial charge is 0.482 e. The van der Waals surface area contributed by atoms with Crippen LogP contribution in [-0.4, -0.2) is 60.1 Å². The fourth-order valence-corrected chi connectivity index (χ4v) is 3.85. The monoisotopic (exact) mass is 377 g/mol. The minimum Gasteiger partial charge on any atom is -0.482 e. The number of imidazole rings is 1. The van der Waals surface area contributed by atoms with Gasteiger partial charge in [0.05, 0.1) is 16.7 Å². The second-order valence-corrected chi connectivity index (χ2v) is 7.32. The Balaban J connectivity index is 1.16. The van der Waals surface area contributed by atoms with Crippen LogP contribution >= 0.6 is 0 Å². The summed E-state index contributed by atoms with van der Waals surface area (Å²) in [5, 5.41) is 2.88. The zero-order valence-corrected chi connectivity index (χ0v) is 15.6. The lowest BCUT2D eigenvalue weighted by molar-refractivity contribution is -0.118. The van der Waals surface area contributed by atoms with Gasteiger partial charge in [0.2, 0.25) is 5.95 Å². The zero-order valence-electron chi connectivity index (χ0n) is 15.6. The summed E-state index contributed by atoms with van der Waals surface area (Å²) in [6, 6.07) is 14.2. The van der Waals surface area contributed by atoms with E-state index in [-0.39, 0.29) is 12.5 Å². The van der Waals surface area contributed by atoms with Crippen molar-refractivity contribution in [1.29, 1.82) is 0 Å². The molecule has 0 bridgehead atoms. The molecule has 1 fully saturated rings. The van der Waals surface area contributed by atoms with Crippen molar-refractivity contribution in [3.05, 3.63) is 48.0 Å².